The van der Waals surface area contributed by atoms with Crippen LogP contribution >= 0.6 is 11.8 Å². The zero-order valence-electron chi connectivity index (χ0n) is 13.5. The van der Waals surface area contributed by atoms with Crippen LogP contribution < -0.4 is 5.32 Å². The zero-order chi connectivity index (χ0) is 16.3. The van der Waals surface area contributed by atoms with Crippen molar-refractivity contribution in [3.05, 3.63) is 23.9 Å². The van der Waals surface area contributed by atoms with Crippen LogP contribution in [0.15, 0.2) is 23.4 Å². The molecule has 1 N–H and O–H groups in total. The first-order valence-corrected chi connectivity index (χ1v) is 7.99. The van der Waals surface area contributed by atoms with E-state index in [1.54, 1.807) is 19.1 Å². The number of hydrogen-bond acceptors (Lipinski definition) is 5. The van der Waals surface area contributed by atoms with E-state index in [2.05, 4.69) is 10.3 Å². The summed E-state index contributed by atoms with van der Waals surface area (Å²) in [6, 6.07) is 3.48. The molecule has 6 heteroatoms. The van der Waals surface area contributed by atoms with E-state index in [0.29, 0.717) is 17.9 Å². The summed E-state index contributed by atoms with van der Waals surface area (Å²) in [5, 5.41) is 3.57. The zero-order valence-corrected chi connectivity index (χ0v) is 14.3. The number of nitrogens with zero attached hydrogens (tertiary/aromatic N) is 2. The molecule has 0 bridgehead atoms. The van der Waals surface area contributed by atoms with Crippen LogP contribution in [-0.2, 0) is 4.79 Å². The lowest BCUT2D eigenvalue weighted by Crippen LogP contribution is -2.31. The summed E-state index contributed by atoms with van der Waals surface area (Å²) in [6.45, 7) is 6.94. The lowest BCUT2D eigenvalue weighted by atomic mass is 10.3. The number of rotatable bonds is 7. The Kier molecular flexibility index (Phi) is 10.5. The topological polar surface area (TPSA) is 62.3 Å². The fraction of sp³-hybridized carbons (Fsp3) is 0.533. The number of thioether (sulfide) groups is 1. The predicted octanol–water partition coefficient (Wildman–Crippen LogP) is 2.08. The maximum atomic E-state index is 11.8. The van der Waals surface area contributed by atoms with Crippen molar-refractivity contribution >= 4 is 23.5 Å². The second-order valence-corrected chi connectivity index (χ2v) is 5.43. The first kappa shape index (κ1) is 19.6. The smallest absolute Gasteiger partial charge is 0.252 e. The second kappa shape index (κ2) is 11.3. The third-order valence-corrected chi connectivity index (χ3v) is 3.35. The van der Waals surface area contributed by atoms with Crippen LogP contribution in [0.1, 0.15) is 31.1 Å². The molecule has 118 valence electrons. The largest absolute Gasteiger partial charge is 0.351 e. The second-order valence-electron chi connectivity index (χ2n) is 4.43. The third kappa shape index (κ3) is 9.20. The van der Waals surface area contributed by atoms with Gasteiger partial charge in [-0.15, -0.1) is 0 Å². The minimum absolute atomic E-state index is 0.109. The molecule has 21 heavy (non-hydrogen) atoms. The molecule has 1 rings (SSSR count). The molecule has 0 aliphatic rings. The number of aromatic nitrogens is 1. The van der Waals surface area contributed by atoms with Crippen molar-refractivity contribution in [2.24, 2.45) is 0 Å². The maximum absolute atomic E-state index is 11.8. The molecule has 1 heterocycles. The standard InChI is InChI=1S/C13H19N3O2S.C2H6/c1-10(17)9-19-12-5-4-11(8-15-12)13(18)14-6-7-16(2)3;1-2/h4-5,8H,6-7,9H2,1-3H3,(H,14,18);1-2H3. The van der Waals surface area contributed by atoms with Crippen LogP contribution in [0.5, 0.6) is 0 Å². The Morgan fingerprint density at radius 3 is 2.43 bits per heavy atom. The first-order valence-electron chi connectivity index (χ1n) is 7.00. The Balaban J connectivity index is 0.00000191. The van der Waals surface area contributed by atoms with E-state index in [9.17, 15) is 9.59 Å². The van der Waals surface area contributed by atoms with Gasteiger partial charge in [-0.05, 0) is 33.2 Å². The highest BCUT2D eigenvalue weighted by molar-refractivity contribution is 7.99. The predicted molar refractivity (Wildman–Crippen MR) is 87.9 cm³/mol. The average Bonchev–Trinajstić information content (AvgIpc) is 2.47. The van der Waals surface area contributed by atoms with Gasteiger partial charge in [0.05, 0.1) is 16.3 Å². The molecule has 0 aliphatic carbocycles. The van der Waals surface area contributed by atoms with Crippen molar-refractivity contribution in [3.63, 3.8) is 0 Å². The van der Waals surface area contributed by atoms with Gasteiger partial charge in [-0.2, -0.15) is 0 Å². The fourth-order valence-electron chi connectivity index (χ4n) is 1.27. The number of Topliss-reactive ketones (excluding diaryl/α,β-unsaturated/α-hetero) is 1. The van der Waals surface area contributed by atoms with Crippen LogP contribution in [0.2, 0.25) is 0 Å². The summed E-state index contributed by atoms with van der Waals surface area (Å²) in [6.07, 6.45) is 1.54. The molecule has 0 radical (unpaired) electrons. The van der Waals surface area contributed by atoms with Gasteiger partial charge in [0.2, 0.25) is 0 Å². The van der Waals surface area contributed by atoms with Gasteiger partial charge >= 0.3 is 0 Å². The van der Waals surface area contributed by atoms with Gasteiger partial charge in [0.1, 0.15) is 5.78 Å². The van der Waals surface area contributed by atoms with Gasteiger partial charge in [0.25, 0.3) is 5.91 Å². The molecule has 0 saturated carbocycles. The highest BCUT2D eigenvalue weighted by Gasteiger charge is 2.06. The number of hydrogen-bond donors (Lipinski definition) is 1. The number of carbonyl (C=O) groups excluding carboxylic acids is 2. The first-order chi connectivity index (χ1) is 9.99. The summed E-state index contributed by atoms with van der Waals surface area (Å²) >= 11 is 1.37. The summed E-state index contributed by atoms with van der Waals surface area (Å²) in [7, 11) is 3.91. The van der Waals surface area contributed by atoms with Crippen molar-refractivity contribution in [2.75, 3.05) is 32.9 Å². The maximum Gasteiger partial charge on any atom is 0.252 e. The summed E-state index contributed by atoms with van der Waals surface area (Å²) in [5.41, 5.74) is 0.533. The van der Waals surface area contributed by atoms with Gasteiger partial charge in [-0.25, -0.2) is 4.98 Å². The Labute approximate surface area is 131 Å². The highest BCUT2D eigenvalue weighted by atomic mass is 32.2. The normalized spacial score (nSPS) is 9.81. The molecular weight excluding hydrogens is 286 g/mol. The fourth-order valence-corrected chi connectivity index (χ4v) is 1.91. The van der Waals surface area contributed by atoms with Crippen molar-refractivity contribution in [3.8, 4) is 0 Å². The van der Waals surface area contributed by atoms with E-state index in [-0.39, 0.29) is 11.7 Å². The van der Waals surface area contributed by atoms with Crippen molar-refractivity contribution in [2.45, 2.75) is 25.8 Å². The van der Waals surface area contributed by atoms with Gasteiger partial charge in [0, 0.05) is 19.3 Å². The number of carbonyl (C=O) groups is 2. The van der Waals surface area contributed by atoms with Crippen LogP contribution in [0.3, 0.4) is 0 Å². The third-order valence-electron chi connectivity index (χ3n) is 2.27. The molecule has 0 fully saturated rings. The van der Waals surface area contributed by atoms with Gasteiger partial charge in [-0.1, -0.05) is 25.6 Å². The quantitative estimate of drug-likeness (QED) is 0.781. The lowest BCUT2D eigenvalue weighted by molar-refractivity contribution is -0.114. The van der Waals surface area contributed by atoms with Crippen molar-refractivity contribution in [1.29, 1.82) is 0 Å². The number of ketones is 1. The molecule has 0 spiro atoms. The Morgan fingerprint density at radius 2 is 1.95 bits per heavy atom. The van der Waals surface area contributed by atoms with Gasteiger partial charge < -0.3 is 10.2 Å². The van der Waals surface area contributed by atoms with E-state index in [0.717, 1.165) is 11.6 Å². The monoisotopic (exact) mass is 311 g/mol. The van der Waals surface area contributed by atoms with Crippen LogP contribution in [0.4, 0.5) is 0 Å². The van der Waals surface area contributed by atoms with Crippen LogP contribution in [0.25, 0.3) is 0 Å². The molecule has 0 atom stereocenters. The van der Waals surface area contributed by atoms with Gasteiger partial charge in [-0.3, -0.25) is 9.59 Å². The molecule has 0 aliphatic heterocycles. The number of nitrogens with one attached hydrogen (secondary N) is 1. The van der Waals surface area contributed by atoms with E-state index < -0.39 is 0 Å². The Bertz CT molecular complexity index is 433. The van der Waals surface area contributed by atoms with E-state index >= 15 is 0 Å². The minimum atomic E-state index is -0.127. The van der Waals surface area contributed by atoms with E-state index in [1.807, 2.05) is 32.8 Å². The van der Waals surface area contributed by atoms with E-state index in [1.165, 1.54) is 18.0 Å². The van der Waals surface area contributed by atoms with Crippen molar-refractivity contribution in [1.82, 2.24) is 15.2 Å². The Morgan fingerprint density at radius 1 is 1.29 bits per heavy atom. The highest BCUT2D eigenvalue weighted by Crippen LogP contribution is 2.14. The number of amides is 1. The Hall–Kier alpha value is -1.40. The van der Waals surface area contributed by atoms with Gasteiger partial charge in [0.15, 0.2) is 0 Å². The molecule has 0 aromatic carbocycles. The average molecular weight is 311 g/mol. The molecule has 1 amide bonds. The number of likely N-dealkylation sites (N-methyl/N-ethyl adjacent to an activating group) is 1. The molecule has 1 aromatic rings. The molecule has 1 aromatic heterocycles. The van der Waals surface area contributed by atoms with E-state index in [4.69, 9.17) is 0 Å². The summed E-state index contributed by atoms with van der Waals surface area (Å²) < 4.78 is 0. The SMILES string of the molecule is CC.CC(=O)CSc1ccc(C(=O)NCCN(C)C)cn1. The summed E-state index contributed by atoms with van der Waals surface area (Å²) in [5.74, 6) is 0.385. The molecule has 0 unspecified atom stereocenters. The summed E-state index contributed by atoms with van der Waals surface area (Å²) in [4.78, 5) is 28.8. The number of pyridine rings is 1. The van der Waals surface area contributed by atoms with Crippen molar-refractivity contribution < 1.29 is 9.59 Å². The molecule has 5 nitrogen and oxygen atoms in total. The molecular formula is C15H25N3O2S. The lowest BCUT2D eigenvalue weighted by Gasteiger charge is -2.10. The minimum Gasteiger partial charge on any atom is -0.351 e. The van der Waals surface area contributed by atoms with Crippen LogP contribution in [0, 0.1) is 0 Å². The molecule has 0 saturated heterocycles. The van der Waals surface area contributed by atoms with Crippen LogP contribution in [-0.4, -0.2) is 54.5 Å².